The molecule has 0 aliphatic carbocycles. The first kappa shape index (κ1) is 28.7. The van der Waals surface area contributed by atoms with E-state index in [2.05, 4.69) is 22.0 Å². The lowest BCUT2D eigenvalue weighted by Crippen LogP contribution is -2.41. The summed E-state index contributed by atoms with van der Waals surface area (Å²) in [6, 6.07) is 0. The Hall–Kier alpha value is -0.290. The van der Waals surface area contributed by atoms with Crippen molar-refractivity contribution in [3.05, 3.63) is 0 Å². The first-order chi connectivity index (χ1) is 14.4. The Kier molecular flexibility index (Phi) is 14.4. The van der Waals surface area contributed by atoms with Crippen molar-refractivity contribution < 1.29 is 13.2 Å². The van der Waals surface area contributed by atoms with Crippen LogP contribution >= 0.6 is 24.0 Å². The van der Waals surface area contributed by atoms with Gasteiger partial charge in [0.05, 0.1) is 6.54 Å². The van der Waals surface area contributed by atoms with Gasteiger partial charge in [-0.3, -0.25) is 9.89 Å². The minimum absolute atomic E-state index is 0. The first-order valence-corrected chi connectivity index (χ1v) is 12.0. The summed E-state index contributed by atoms with van der Waals surface area (Å²) in [6.45, 7) is 11.0. The van der Waals surface area contributed by atoms with Crippen LogP contribution in [0.2, 0.25) is 0 Å². The Morgan fingerprint density at radius 3 is 2.45 bits per heavy atom. The van der Waals surface area contributed by atoms with Crippen molar-refractivity contribution in [1.29, 1.82) is 0 Å². The molecular formula is C22H43F3IN5. The quantitative estimate of drug-likeness (QED) is 0.175. The molecule has 0 aromatic rings. The molecule has 1 atom stereocenters. The van der Waals surface area contributed by atoms with E-state index in [1.165, 1.54) is 56.6 Å². The molecule has 2 saturated heterocycles. The molecule has 184 valence electrons. The van der Waals surface area contributed by atoms with Crippen molar-refractivity contribution in [2.75, 3.05) is 65.4 Å². The average molecular weight is 562 g/mol. The second-order valence-electron chi connectivity index (χ2n) is 8.74. The molecule has 9 heteroatoms. The van der Waals surface area contributed by atoms with Crippen LogP contribution in [0.5, 0.6) is 0 Å². The van der Waals surface area contributed by atoms with E-state index in [1.807, 2.05) is 0 Å². The summed E-state index contributed by atoms with van der Waals surface area (Å²) in [5.74, 6) is 1.19. The SMILES string of the molecule is CCNC(=NCCCCCN1CCCCC1)N1CCC(CN(CC)CC(F)(F)F)C1.I. The lowest BCUT2D eigenvalue weighted by molar-refractivity contribution is -0.146. The van der Waals surface area contributed by atoms with E-state index < -0.39 is 12.7 Å². The van der Waals surface area contributed by atoms with Gasteiger partial charge in [-0.15, -0.1) is 24.0 Å². The monoisotopic (exact) mass is 561 g/mol. The number of aliphatic imine (C=N–C) groups is 1. The Morgan fingerprint density at radius 1 is 1.06 bits per heavy atom. The number of halogens is 4. The fourth-order valence-corrected chi connectivity index (χ4v) is 4.52. The van der Waals surface area contributed by atoms with Gasteiger partial charge in [0, 0.05) is 32.7 Å². The Labute approximate surface area is 204 Å². The highest BCUT2D eigenvalue weighted by atomic mass is 127. The van der Waals surface area contributed by atoms with E-state index in [-0.39, 0.29) is 29.9 Å². The number of piperidine rings is 1. The van der Waals surface area contributed by atoms with E-state index in [0.717, 1.165) is 45.0 Å². The summed E-state index contributed by atoms with van der Waals surface area (Å²) in [5, 5.41) is 3.37. The maximum atomic E-state index is 12.7. The molecule has 0 bridgehead atoms. The summed E-state index contributed by atoms with van der Waals surface area (Å²) < 4.78 is 38.2. The summed E-state index contributed by atoms with van der Waals surface area (Å²) in [7, 11) is 0. The number of rotatable bonds is 11. The third-order valence-corrected chi connectivity index (χ3v) is 6.13. The predicted octanol–water partition coefficient (Wildman–Crippen LogP) is 4.43. The normalized spacial score (nSPS) is 20.9. The van der Waals surface area contributed by atoms with Gasteiger partial charge in [-0.05, 0) is 71.1 Å². The third kappa shape index (κ3) is 11.9. The van der Waals surface area contributed by atoms with Gasteiger partial charge in [-0.1, -0.05) is 19.8 Å². The van der Waals surface area contributed by atoms with Crippen LogP contribution in [0.3, 0.4) is 0 Å². The highest BCUT2D eigenvalue weighted by molar-refractivity contribution is 14.0. The molecule has 5 nitrogen and oxygen atoms in total. The van der Waals surface area contributed by atoms with Crippen LogP contribution < -0.4 is 5.32 Å². The number of guanidine groups is 1. The minimum atomic E-state index is -4.13. The van der Waals surface area contributed by atoms with Crippen molar-refractivity contribution in [2.45, 2.75) is 65.0 Å². The highest BCUT2D eigenvalue weighted by Gasteiger charge is 2.33. The van der Waals surface area contributed by atoms with Crippen LogP contribution in [0.4, 0.5) is 13.2 Å². The van der Waals surface area contributed by atoms with Crippen LogP contribution in [-0.4, -0.2) is 92.3 Å². The number of nitrogens with zero attached hydrogens (tertiary/aromatic N) is 4. The third-order valence-electron chi connectivity index (χ3n) is 6.13. The van der Waals surface area contributed by atoms with Gasteiger partial charge in [-0.25, -0.2) is 0 Å². The molecule has 0 saturated carbocycles. The second-order valence-corrected chi connectivity index (χ2v) is 8.74. The second kappa shape index (κ2) is 15.5. The lowest BCUT2D eigenvalue weighted by Gasteiger charge is -2.26. The van der Waals surface area contributed by atoms with E-state index in [0.29, 0.717) is 13.1 Å². The summed E-state index contributed by atoms with van der Waals surface area (Å²) in [6.07, 6.45) is 4.41. The van der Waals surface area contributed by atoms with Crippen LogP contribution in [0.15, 0.2) is 4.99 Å². The predicted molar refractivity (Wildman–Crippen MR) is 133 cm³/mol. The summed E-state index contributed by atoms with van der Waals surface area (Å²) >= 11 is 0. The zero-order chi connectivity index (χ0) is 21.8. The van der Waals surface area contributed by atoms with Crippen LogP contribution in [0.1, 0.15) is 58.8 Å². The molecule has 0 aromatic heterocycles. The number of unbranched alkanes of at least 4 members (excludes halogenated alkanes) is 2. The zero-order valence-electron chi connectivity index (χ0n) is 19.4. The minimum Gasteiger partial charge on any atom is -0.357 e. The molecule has 2 heterocycles. The summed E-state index contributed by atoms with van der Waals surface area (Å²) in [4.78, 5) is 11.1. The molecule has 1 N–H and O–H groups in total. The maximum Gasteiger partial charge on any atom is 0.401 e. The van der Waals surface area contributed by atoms with Crippen LogP contribution in [-0.2, 0) is 0 Å². The molecule has 1 unspecified atom stereocenters. The van der Waals surface area contributed by atoms with Crippen LogP contribution in [0.25, 0.3) is 0 Å². The van der Waals surface area contributed by atoms with Gasteiger partial charge < -0.3 is 15.1 Å². The molecule has 0 radical (unpaired) electrons. The zero-order valence-corrected chi connectivity index (χ0v) is 21.8. The van der Waals surface area contributed by atoms with Gasteiger partial charge in [-0.2, -0.15) is 13.2 Å². The fraction of sp³-hybridized carbons (Fsp3) is 0.955. The van der Waals surface area contributed by atoms with E-state index in [1.54, 1.807) is 6.92 Å². The molecular weight excluding hydrogens is 518 g/mol. The number of alkyl halides is 3. The Morgan fingerprint density at radius 2 is 1.81 bits per heavy atom. The molecule has 2 rings (SSSR count). The van der Waals surface area contributed by atoms with Crippen molar-refractivity contribution in [3.63, 3.8) is 0 Å². The Bertz CT molecular complexity index is 498. The van der Waals surface area contributed by atoms with Gasteiger partial charge in [0.15, 0.2) is 5.96 Å². The van der Waals surface area contributed by atoms with Crippen LogP contribution in [0, 0.1) is 5.92 Å². The molecule has 2 aliphatic heterocycles. The topological polar surface area (TPSA) is 34.1 Å². The van der Waals surface area contributed by atoms with E-state index >= 15 is 0 Å². The first-order valence-electron chi connectivity index (χ1n) is 12.0. The number of hydrogen-bond acceptors (Lipinski definition) is 3. The van der Waals surface area contributed by atoms with E-state index in [9.17, 15) is 13.2 Å². The molecule has 2 aliphatic rings. The van der Waals surface area contributed by atoms with Crippen molar-refractivity contribution in [1.82, 2.24) is 20.0 Å². The van der Waals surface area contributed by atoms with Crippen molar-refractivity contribution >= 4 is 29.9 Å². The average Bonchev–Trinajstić information content (AvgIpc) is 3.17. The molecule has 2 fully saturated rings. The van der Waals surface area contributed by atoms with Gasteiger partial charge in [0.2, 0.25) is 0 Å². The maximum absolute atomic E-state index is 12.7. The van der Waals surface area contributed by atoms with Crippen molar-refractivity contribution in [2.24, 2.45) is 10.9 Å². The number of hydrogen-bond donors (Lipinski definition) is 1. The lowest BCUT2D eigenvalue weighted by atomic mass is 10.1. The summed E-state index contributed by atoms with van der Waals surface area (Å²) in [5.41, 5.74) is 0. The smallest absolute Gasteiger partial charge is 0.357 e. The van der Waals surface area contributed by atoms with Crippen molar-refractivity contribution in [3.8, 4) is 0 Å². The number of nitrogens with one attached hydrogen (secondary N) is 1. The standard InChI is InChI=1S/C22H42F3N5.HI/c1-3-26-21(27-12-7-5-8-13-29-14-9-6-10-15-29)30-16-11-20(18-30)17-28(4-2)19-22(23,24)25;/h20H,3-19H2,1-2H3,(H,26,27);1H. The van der Waals surface area contributed by atoms with Gasteiger partial charge in [0.25, 0.3) is 0 Å². The molecule has 0 amide bonds. The molecule has 31 heavy (non-hydrogen) atoms. The molecule has 0 aromatic carbocycles. The highest BCUT2D eigenvalue weighted by Crippen LogP contribution is 2.21. The van der Waals surface area contributed by atoms with E-state index in [4.69, 9.17) is 4.99 Å². The largest absolute Gasteiger partial charge is 0.401 e. The molecule has 0 spiro atoms. The van der Waals surface area contributed by atoms with Gasteiger partial charge in [0.1, 0.15) is 0 Å². The number of likely N-dealkylation sites (tertiary alicyclic amines) is 2. The Balaban J connectivity index is 0.00000480. The fourth-order valence-electron chi connectivity index (χ4n) is 4.52. The van der Waals surface area contributed by atoms with Gasteiger partial charge >= 0.3 is 6.18 Å².